The van der Waals surface area contributed by atoms with E-state index in [9.17, 15) is 30.7 Å². The van der Waals surface area contributed by atoms with Crippen molar-refractivity contribution < 1.29 is 35.5 Å². The van der Waals surface area contributed by atoms with E-state index in [-0.39, 0.29) is 45.6 Å². The van der Waals surface area contributed by atoms with Gasteiger partial charge in [-0.05, 0) is 156 Å². The molecule has 0 unspecified atom stereocenters. The maximum Gasteiger partial charge on any atom is 0.213 e. The van der Waals surface area contributed by atoms with Gasteiger partial charge in [-0.1, -0.05) is 54.6 Å². The molecule has 0 bridgehead atoms. The van der Waals surface area contributed by atoms with Crippen molar-refractivity contribution in [2.45, 2.75) is 13.8 Å². The molecule has 12 aromatic rings. The number of hydrogen-bond donors (Lipinski definition) is 5. The topological polar surface area (TPSA) is 187 Å². The zero-order valence-electron chi connectivity index (χ0n) is 44.2. The first-order valence-electron chi connectivity index (χ1n) is 25.0. The summed E-state index contributed by atoms with van der Waals surface area (Å²) in [5.41, 5.74) is 6.26. The summed E-state index contributed by atoms with van der Waals surface area (Å²) in [6.45, 7) is 17.7. The number of benzene rings is 7. The molecule has 5 N–H and O–H groups in total. The first kappa shape index (κ1) is 58.1. The van der Waals surface area contributed by atoms with Crippen molar-refractivity contribution in [2.75, 3.05) is 6.61 Å². The third-order valence-corrected chi connectivity index (χ3v) is 13.1. The number of aryl methyl sites for hydroxylation is 2. The van der Waals surface area contributed by atoms with E-state index >= 15 is 0 Å². The van der Waals surface area contributed by atoms with E-state index in [2.05, 4.69) is 60.6 Å². The van der Waals surface area contributed by atoms with Crippen LogP contribution in [0.3, 0.4) is 0 Å². The smallest absolute Gasteiger partial charge is 0.213 e. The number of rotatable bonds is 9. The second-order valence-corrected chi connectivity index (χ2v) is 19.1. The molecule has 0 aliphatic rings. The lowest BCUT2D eigenvalue weighted by atomic mass is 10.1. The van der Waals surface area contributed by atoms with Gasteiger partial charge in [0.15, 0.2) is 28.8 Å². The third-order valence-electron chi connectivity index (χ3n) is 12.3. The number of halogens is 8. The zero-order valence-corrected chi connectivity index (χ0v) is 46.3. The summed E-state index contributed by atoms with van der Waals surface area (Å²) >= 11 is 2.03. The van der Waals surface area contributed by atoms with Crippen molar-refractivity contribution in [1.82, 2.24) is 55.6 Å². The molecule has 0 aliphatic carbocycles. The van der Waals surface area contributed by atoms with Gasteiger partial charge >= 0.3 is 0 Å². The van der Waals surface area contributed by atoms with Crippen LogP contribution >= 0.6 is 22.6 Å². The van der Waals surface area contributed by atoms with E-state index in [0.717, 1.165) is 6.07 Å². The highest BCUT2D eigenvalue weighted by Crippen LogP contribution is 2.31. The van der Waals surface area contributed by atoms with Gasteiger partial charge in [0.25, 0.3) is 0 Å². The molecule has 84 heavy (non-hydrogen) atoms. The highest BCUT2D eigenvalue weighted by atomic mass is 127. The molecule has 0 atom stereocenters. The average molecular weight is 1250 g/mol. The molecule has 0 fully saturated rings. The summed E-state index contributed by atoms with van der Waals surface area (Å²) in [5.74, 6) is -1.94. The quantitative estimate of drug-likeness (QED) is 0.0313. The third kappa shape index (κ3) is 13.6. The Morgan fingerprint density at radius 2 is 1.02 bits per heavy atom. The Bertz CT molecular complexity index is 4620. The molecule has 0 aliphatic heterocycles. The molecular formula is C61H42F7IN14O. The van der Waals surface area contributed by atoms with Gasteiger partial charge < -0.3 is 4.74 Å². The van der Waals surface area contributed by atoms with Crippen LogP contribution in [0.1, 0.15) is 52.1 Å². The van der Waals surface area contributed by atoms with Crippen molar-refractivity contribution in [3.8, 4) is 11.4 Å². The summed E-state index contributed by atoms with van der Waals surface area (Å²) in [7, 11) is 1.69. The first-order chi connectivity index (χ1) is 40.5. The Morgan fingerprint density at radius 3 is 1.49 bits per heavy atom. The van der Waals surface area contributed by atoms with Crippen molar-refractivity contribution in [3.63, 3.8) is 0 Å². The molecule has 0 saturated carbocycles. The molecule has 0 radical (unpaired) electrons. The van der Waals surface area contributed by atoms with Crippen LogP contribution < -0.4 is 0 Å². The number of H-pyrrole nitrogens is 4. The predicted octanol–water partition coefficient (Wildman–Crippen LogP) is 15.9. The number of nitrogens with zero attached hydrogens (tertiary/aromatic N) is 9. The minimum Gasteiger partial charge on any atom is -0.478 e. The van der Waals surface area contributed by atoms with Crippen LogP contribution in [0.2, 0.25) is 0 Å². The number of aromatic amines is 4. The van der Waals surface area contributed by atoms with Gasteiger partial charge in [-0.3, -0.25) is 30.5 Å². The lowest BCUT2D eigenvalue weighted by molar-refractivity contribution is 0.325. The second kappa shape index (κ2) is 25.9. The number of aromatic nitrogens is 11. The normalized spacial score (nSPS) is 11.2. The molecule has 418 valence electrons. The molecule has 5 aromatic heterocycles. The monoisotopic (exact) mass is 1250 g/mol. The fourth-order valence-corrected chi connectivity index (χ4v) is 9.15. The van der Waals surface area contributed by atoms with Crippen LogP contribution in [-0.2, 0) is 11.8 Å². The van der Waals surface area contributed by atoms with Gasteiger partial charge in [-0.2, -0.15) is 25.5 Å². The lowest BCUT2D eigenvalue weighted by Gasteiger charge is -2.05. The Hall–Kier alpha value is -10.5. The van der Waals surface area contributed by atoms with Crippen LogP contribution in [0.5, 0.6) is 0 Å². The van der Waals surface area contributed by atoms with E-state index in [1.807, 2.05) is 22.6 Å². The summed E-state index contributed by atoms with van der Waals surface area (Å²) in [4.78, 5) is 10.7. The summed E-state index contributed by atoms with van der Waals surface area (Å²) < 4.78 is 103. The van der Waals surface area contributed by atoms with E-state index in [1.54, 1.807) is 118 Å². The van der Waals surface area contributed by atoms with Gasteiger partial charge in [0, 0.05) is 39.7 Å². The van der Waals surface area contributed by atoms with Crippen LogP contribution in [0.4, 0.5) is 42.1 Å². The molecule has 5 heterocycles. The molecule has 12 rings (SSSR count). The maximum atomic E-state index is 14.3. The molecule has 0 amide bonds. The minimum atomic E-state index is -0.542. The van der Waals surface area contributed by atoms with Crippen molar-refractivity contribution in [2.24, 2.45) is 7.05 Å². The van der Waals surface area contributed by atoms with E-state index in [4.69, 9.17) is 23.3 Å². The van der Waals surface area contributed by atoms with E-state index in [0.29, 0.717) is 99.6 Å². The largest absolute Gasteiger partial charge is 0.478 e. The maximum absolute atomic E-state index is 14.3. The SMILES string of the molecule is CCOC(=N)c1cc(F)c2n[nH]c(/C=C/c3cccc(F)c3)c2c1.Cc1nc(-c2cc(F)c3n[nH]c(/C=C/c4cccc(F)c4)c3c2)n[nH]1.[C-]#[N+]c1cc(F)c2c(c1)c(I)nn2C.[C-]#[N+]c1cc(F)c2n[nH]c(/C=C/c3cccc(F)c3)c2c1. The summed E-state index contributed by atoms with van der Waals surface area (Å²) in [6.07, 6.45) is 10.2. The van der Waals surface area contributed by atoms with E-state index in [1.165, 1.54) is 59.3 Å². The summed E-state index contributed by atoms with van der Waals surface area (Å²) in [5, 5.41) is 41.2. The highest BCUT2D eigenvalue weighted by Gasteiger charge is 2.17. The fraction of sp³-hybridized carbons (Fsp3) is 0.0656. The molecule has 7 aromatic carbocycles. The predicted molar refractivity (Wildman–Crippen MR) is 319 cm³/mol. The Labute approximate surface area is 486 Å². The van der Waals surface area contributed by atoms with E-state index < -0.39 is 23.3 Å². The van der Waals surface area contributed by atoms with Gasteiger partial charge in [0.05, 0.1) is 36.8 Å². The van der Waals surface area contributed by atoms with Gasteiger partial charge in [-0.15, -0.1) is 0 Å². The zero-order chi connectivity index (χ0) is 59.6. The molecule has 23 heteroatoms. The summed E-state index contributed by atoms with van der Waals surface area (Å²) in [6, 6.07) is 30.0. The molecule has 0 spiro atoms. The standard InChI is InChI=1S/C18H13F2N5.C18H15F2N3O.C16H9F2N3.C9H5FIN3/c1-10-21-18(25-22-10)12-8-14-16(23-24-17(14)15(20)9-12)6-5-11-3-2-4-13(19)7-11;1-2-24-18(21)12-9-14-16(22-23-17(14)15(20)10-12)7-6-11-4-3-5-13(19)8-11;1-19-12-8-13-15(20-21-16(13)14(18)9-12)6-5-10-3-2-4-11(17)7-10;1-12-5-3-6-8(7(10)4-5)14(2)13-9(6)11/h2-9H,1H3,(H,23,24)(H,21,22,25);3-10,21H,2H2,1H3,(H,22,23);2-9H,(H,20,21);3-4H,2H3/b6-5+;7-6+,21-18?;6-5+;. The van der Waals surface area contributed by atoms with Gasteiger partial charge in [0.1, 0.15) is 60.7 Å². The van der Waals surface area contributed by atoms with Gasteiger partial charge in [-0.25, -0.2) is 45.4 Å². The van der Waals surface area contributed by atoms with Crippen LogP contribution in [0, 0.1) is 69.9 Å². The van der Waals surface area contributed by atoms with Gasteiger partial charge in [0.2, 0.25) is 5.90 Å². The van der Waals surface area contributed by atoms with Crippen LogP contribution in [0.15, 0.2) is 121 Å². The van der Waals surface area contributed by atoms with Crippen LogP contribution in [-0.4, -0.2) is 68.1 Å². The minimum absolute atomic E-state index is 0.0976. The second-order valence-electron chi connectivity index (χ2n) is 18.1. The number of ether oxygens (including phenoxy) is 1. The average Bonchev–Trinajstić information content (AvgIpc) is 4.26. The lowest BCUT2D eigenvalue weighted by Crippen LogP contribution is -2.05. The fourth-order valence-electron chi connectivity index (χ4n) is 8.41. The molecule has 0 saturated heterocycles. The van der Waals surface area contributed by atoms with Crippen molar-refractivity contribution in [3.05, 3.63) is 234 Å². The Balaban J connectivity index is 0.000000137. The van der Waals surface area contributed by atoms with Crippen molar-refractivity contribution >= 4 is 120 Å². The Kier molecular flexibility index (Phi) is 17.9. The van der Waals surface area contributed by atoms with Crippen molar-refractivity contribution in [1.29, 1.82) is 5.41 Å². The number of fused-ring (bicyclic) bond motifs is 4. The number of nitrogens with one attached hydrogen (secondary N) is 5. The highest BCUT2D eigenvalue weighted by molar-refractivity contribution is 14.1. The van der Waals surface area contributed by atoms with Crippen LogP contribution in [0.25, 0.3) is 101 Å². The first-order valence-corrected chi connectivity index (χ1v) is 26.1. The number of hydrogen-bond acceptors (Lipinski definition) is 8. The molecule has 15 nitrogen and oxygen atoms in total. The molecular weight excluding hydrogens is 1200 g/mol. The Morgan fingerprint density at radius 1 is 0.571 bits per heavy atom.